The zero-order chi connectivity index (χ0) is 13.3. The largest absolute Gasteiger partial charge is 0.504 e. The normalized spacial score (nSPS) is 12.3. The van der Waals surface area contributed by atoms with Crippen LogP contribution in [0, 0.1) is 0 Å². The number of aliphatic carboxylic acids is 1. The Balaban J connectivity index is 2.55. The summed E-state index contributed by atoms with van der Waals surface area (Å²) < 4.78 is 5.02. The minimum atomic E-state index is -0.868. The Bertz CT molecular complexity index is 604. The highest BCUT2D eigenvalue weighted by atomic mass is 16.5. The van der Waals surface area contributed by atoms with Gasteiger partial charge in [0.1, 0.15) is 0 Å². The minimum absolute atomic E-state index is 0.0464. The Hall–Kier alpha value is -2.23. The maximum absolute atomic E-state index is 10.9. The van der Waals surface area contributed by atoms with Crippen molar-refractivity contribution in [2.75, 3.05) is 7.11 Å². The molecule has 0 bridgehead atoms. The number of ether oxygens (including phenoxy) is 1. The lowest BCUT2D eigenvalue weighted by molar-refractivity contribution is -0.138. The van der Waals surface area contributed by atoms with Gasteiger partial charge in [0.2, 0.25) is 0 Å². The highest BCUT2D eigenvalue weighted by molar-refractivity contribution is 5.88. The smallest absolute Gasteiger partial charge is 0.310 e. The Labute approximate surface area is 104 Å². The second-order valence-corrected chi connectivity index (χ2v) is 4.19. The van der Waals surface area contributed by atoms with Gasteiger partial charge in [-0.2, -0.15) is 0 Å². The van der Waals surface area contributed by atoms with Crippen LogP contribution in [0.5, 0.6) is 11.5 Å². The third kappa shape index (κ3) is 2.09. The van der Waals surface area contributed by atoms with Crippen LogP contribution in [0.2, 0.25) is 0 Å². The Morgan fingerprint density at radius 2 is 1.94 bits per heavy atom. The van der Waals surface area contributed by atoms with E-state index in [0.29, 0.717) is 11.3 Å². The van der Waals surface area contributed by atoms with E-state index in [2.05, 4.69) is 0 Å². The Morgan fingerprint density at radius 3 is 2.56 bits per heavy atom. The number of hydrogen-bond donors (Lipinski definition) is 2. The number of benzene rings is 2. The third-order valence-corrected chi connectivity index (χ3v) is 3.03. The second kappa shape index (κ2) is 4.56. The monoisotopic (exact) mass is 246 g/mol. The van der Waals surface area contributed by atoms with Gasteiger partial charge in [0.25, 0.3) is 0 Å². The molecule has 94 valence electrons. The van der Waals surface area contributed by atoms with Crippen LogP contribution in [0.4, 0.5) is 0 Å². The number of carboxylic acids is 1. The average molecular weight is 246 g/mol. The van der Waals surface area contributed by atoms with Gasteiger partial charge in [-0.15, -0.1) is 0 Å². The third-order valence-electron chi connectivity index (χ3n) is 3.03. The highest BCUT2D eigenvalue weighted by Crippen LogP contribution is 2.32. The van der Waals surface area contributed by atoms with E-state index in [4.69, 9.17) is 9.84 Å². The fourth-order valence-electron chi connectivity index (χ4n) is 1.86. The summed E-state index contributed by atoms with van der Waals surface area (Å²) >= 11 is 0. The number of phenols is 1. The second-order valence-electron chi connectivity index (χ2n) is 4.19. The maximum Gasteiger partial charge on any atom is 0.310 e. The van der Waals surface area contributed by atoms with Crippen LogP contribution in [-0.4, -0.2) is 23.3 Å². The van der Waals surface area contributed by atoms with E-state index in [9.17, 15) is 9.90 Å². The van der Waals surface area contributed by atoms with Gasteiger partial charge in [-0.1, -0.05) is 18.2 Å². The number of hydrogen-bond acceptors (Lipinski definition) is 3. The zero-order valence-electron chi connectivity index (χ0n) is 10.2. The first-order valence-corrected chi connectivity index (χ1v) is 5.56. The van der Waals surface area contributed by atoms with Crippen LogP contribution in [0.15, 0.2) is 30.3 Å². The van der Waals surface area contributed by atoms with Crippen LogP contribution in [-0.2, 0) is 4.79 Å². The van der Waals surface area contributed by atoms with E-state index in [1.165, 1.54) is 7.11 Å². The summed E-state index contributed by atoms with van der Waals surface area (Å²) in [6, 6.07) is 8.67. The molecule has 18 heavy (non-hydrogen) atoms. The molecule has 2 aromatic rings. The van der Waals surface area contributed by atoms with Gasteiger partial charge in [-0.05, 0) is 35.4 Å². The molecule has 0 spiro atoms. The predicted octanol–water partition coefficient (Wildman–Crippen LogP) is 2.74. The molecule has 0 unspecified atom stereocenters. The molecule has 0 aromatic heterocycles. The first-order chi connectivity index (χ1) is 8.52. The molecular formula is C14H14O4. The van der Waals surface area contributed by atoms with E-state index in [-0.39, 0.29) is 5.75 Å². The molecular weight excluding hydrogens is 232 g/mol. The summed E-state index contributed by atoms with van der Waals surface area (Å²) in [5.41, 5.74) is 0.708. The molecule has 0 saturated carbocycles. The molecule has 0 aliphatic heterocycles. The van der Waals surface area contributed by atoms with Crippen LogP contribution >= 0.6 is 0 Å². The quantitative estimate of drug-likeness (QED) is 0.873. The van der Waals surface area contributed by atoms with Crippen molar-refractivity contribution in [3.8, 4) is 11.5 Å². The lowest BCUT2D eigenvalue weighted by atomic mass is 9.98. The Morgan fingerprint density at radius 1 is 1.22 bits per heavy atom. The molecule has 4 nitrogen and oxygen atoms in total. The fourth-order valence-corrected chi connectivity index (χ4v) is 1.86. The van der Waals surface area contributed by atoms with Crippen molar-refractivity contribution in [3.05, 3.63) is 35.9 Å². The molecule has 2 rings (SSSR count). The van der Waals surface area contributed by atoms with Gasteiger partial charge in [-0.3, -0.25) is 4.79 Å². The number of carbonyl (C=O) groups is 1. The molecule has 0 heterocycles. The summed E-state index contributed by atoms with van der Waals surface area (Å²) in [6.07, 6.45) is 0. The first-order valence-electron chi connectivity index (χ1n) is 5.56. The van der Waals surface area contributed by atoms with Crippen molar-refractivity contribution < 1.29 is 19.7 Å². The number of carboxylic acid groups (broad SMARTS) is 1. The molecule has 1 atom stereocenters. The first kappa shape index (κ1) is 12.2. The average Bonchev–Trinajstić information content (AvgIpc) is 2.36. The van der Waals surface area contributed by atoms with E-state index in [0.717, 1.165) is 10.8 Å². The molecule has 2 aromatic carbocycles. The topological polar surface area (TPSA) is 66.8 Å². The molecule has 0 fully saturated rings. The van der Waals surface area contributed by atoms with Gasteiger partial charge >= 0.3 is 5.97 Å². The van der Waals surface area contributed by atoms with Crippen LogP contribution in [0.25, 0.3) is 10.8 Å². The molecule has 0 saturated heterocycles. The summed E-state index contributed by atoms with van der Waals surface area (Å²) in [7, 11) is 1.49. The van der Waals surface area contributed by atoms with E-state index >= 15 is 0 Å². The fraction of sp³-hybridized carbons (Fsp3) is 0.214. The van der Waals surface area contributed by atoms with E-state index in [1.54, 1.807) is 31.2 Å². The van der Waals surface area contributed by atoms with E-state index < -0.39 is 11.9 Å². The summed E-state index contributed by atoms with van der Waals surface area (Å²) in [6.45, 7) is 1.63. The molecule has 2 N–H and O–H groups in total. The number of fused-ring (bicyclic) bond motifs is 1. The van der Waals surface area contributed by atoms with Crippen molar-refractivity contribution in [3.63, 3.8) is 0 Å². The predicted molar refractivity (Wildman–Crippen MR) is 68.2 cm³/mol. The van der Waals surface area contributed by atoms with E-state index in [1.807, 2.05) is 6.07 Å². The van der Waals surface area contributed by atoms with Gasteiger partial charge in [0, 0.05) is 0 Å². The maximum atomic E-state index is 10.9. The highest BCUT2D eigenvalue weighted by Gasteiger charge is 2.14. The zero-order valence-corrected chi connectivity index (χ0v) is 10.2. The summed E-state index contributed by atoms with van der Waals surface area (Å²) in [5, 5.41) is 20.4. The summed E-state index contributed by atoms with van der Waals surface area (Å²) in [4.78, 5) is 10.9. The van der Waals surface area contributed by atoms with Crippen LogP contribution in [0.3, 0.4) is 0 Å². The number of phenolic OH excluding ortho intramolecular Hbond substituents is 1. The standard InChI is InChI=1S/C14H14O4/c1-8(14(16)17)9-3-4-10-7-13(18-2)12(15)6-11(10)5-9/h3-8,15H,1-2H3,(H,16,17)/t8-/m0/s1. The molecule has 0 aliphatic rings. The molecule has 0 aliphatic carbocycles. The molecule has 4 heteroatoms. The van der Waals surface area contributed by atoms with Crippen LogP contribution in [0.1, 0.15) is 18.4 Å². The summed E-state index contributed by atoms with van der Waals surface area (Å²) in [5.74, 6) is -0.989. The van der Waals surface area contributed by atoms with Gasteiger partial charge in [-0.25, -0.2) is 0 Å². The van der Waals surface area contributed by atoms with Crippen molar-refractivity contribution in [1.82, 2.24) is 0 Å². The Kier molecular flexibility index (Phi) is 3.10. The van der Waals surface area contributed by atoms with Crippen molar-refractivity contribution in [2.45, 2.75) is 12.8 Å². The van der Waals surface area contributed by atoms with Crippen molar-refractivity contribution in [2.24, 2.45) is 0 Å². The SMILES string of the molecule is COc1cc2ccc([C@H](C)C(=O)O)cc2cc1O. The van der Waals surface area contributed by atoms with Crippen molar-refractivity contribution in [1.29, 1.82) is 0 Å². The molecule has 0 amide bonds. The van der Waals surface area contributed by atoms with Crippen molar-refractivity contribution >= 4 is 16.7 Å². The van der Waals surface area contributed by atoms with Gasteiger partial charge in [0.05, 0.1) is 13.0 Å². The molecule has 0 radical (unpaired) electrons. The lowest BCUT2D eigenvalue weighted by Gasteiger charge is -2.10. The van der Waals surface area contributed by atoms with Crippen LogP contribution < -0.4 is 4.74 Å². The number of aromatic hydroxyl groups is 1. The van der Waals surface area contributed by atoms with Gasteiger partial charge in [0.15, 0.2) is 11.5 Å². The number of methoxy groups -OCH3 is 1. The minimum Gasteiger partial charge on any atom is -0.504 e. The lowest BCUT2D eigenvalue weighted by Crippen LogP contribution is -2.07. The van der Waals surface area contributed by atoms with Gasteiger partial charge < -0.3 is 14.9 Å². The number of rotatable bonds is 3.